The first-order valence-electron chi connectivity index (χ1n) is 9.35. The van der Waals surface area contributed by atoms with Crippen molar-refractivity contribution < 1.29 is 14.5 Å². The zero-order valence-electron chi connectivity index (χ0n) is 17.2. The van der Waals surface area contributed by atoms with E-state index in [1.54, 1.807) is 18.4 Å². The Morgan fingerprint density at radius 2 is 1.94 bits per heavy atom. The molecule has 0 saturated carbocycles. The highest BCUT2D eigenvalue weighted by atomic mass is 35.5. The van der Waals surface area contributed by atoms with Crippen LogP contribution in [0.25, 0.3) is 0 Å². The van der Waals surface area contributed by atoms with E-state index < -0.39 is 16.7 Å². The summed E-state index contributed by atoms with van der Waals surface area (Å²) in [6.45, 7) is 0. The zero-order valence-corrected chi connectivity index (χ0v) is 18.7. The number of hydrogen-bond acceptors (Lipinski definition) is 6. The summed E-state index contributed by atoms with van der Waals surface area (Å²) in [6, 6.07) is 18.9. The number of thioether (sulfide) groups is 1. The Bertz CT molecular complexity index is 1210. The second-order valence-electron chi connectivity index (χ2n) is 6.64. The molecule has 162 valence electrons. The normalized spacial score (nSPS) is 11.3. The molecule has 0 aromatic heterocycles. The monoisotopic (exact) mass is 467 g/mol. The number of ether oxygens (including phenoxy) is 1. The van der Waals surface area contributed by atoms with Gasteiger partial charge < -0.3 is 10.1 Å². The molecule has 0 radical (unpaired) electrons. The molecule has 0 aliphatic rings. The molecule has 7 nitrogen and oxygen atoms in total. The van der Waals surface area contributed by atoms with Crippen LogP contribution in [0.15, 0.2) is 65.6 Å². The van der Waals surface area contributed by atoms with Gasteiger partial charge >= 0.3 is 0 Å². The van der Waals surface area contributed by atoms with E-state index in [0.29, 0.717) is 26.9 Å². The number of nitro benzene ring substituents is 1. The van der Waals surface area contributed by atoms with Crippen LogP contribution in [0.3, 0.4) is 0 Å². The lowest BCUT2D eigenvalue weighted by Gasteiger charge is -2.14. The molecular formula is C23H18ClN3O4S. The zero-order chi connectivity index (χ0) is 23.3. The molecule has 1 unspecified atom stereocenters. The van der Waals surface area contributed by atoms with Crippen LogP contribution >= 0.6 is 23.4 Å². The Hall–Kier alpha value is -3.54. The first-order chi connectivity index (χ1) is 15.4. The molecule has 1 amide bonds. The Morgan fingerprint density at radius 3 is 2.50 bits per heavy atom. The molecule has 0 bridgehead atoms. The molecule has 3 rings (SSSR count). The van der Waals surface area contributed by atoms with Crippen molar-refractivity contribution >= 4 is 40.6 Å². The number of nitro groups is 1. The van der Waals surface area contributed by atoms with Crippen LogP contribution in [0.4, 0.5) is 11.4 Å². The fraction of sp³-hybridized carbons (Fsp3) is 0.130. The maximum Gasteiger partial charge on any atom is 0.285 e. The molecule has 0 aliphatic heterocycles. The average Bonchev–Trinajstić information content (AvgIpc) is 2.80. The van der Waals surface area contributed by atoms with Gasteiger partial charge in [-0.25, -0.2) is 0 Å². The van der Waals surface area contributed by atoms with Gasteiger partial charge in [-0.2, -0.15) is 5.26 Å². The number of amides is 1. The summed E-state index contributed by atoms with van der Waals surface area (Å²) >= 11 is 7.73. The predicted octanol–water partition coefficient (Wildman–Crippen LogP) is 5.89. The number of nitrogens with zero attached hydrogens (tertiary/aromatic N) is 2. The molecule has 0 saturated heterocycles. The Balaban J connectivity index is 1.92. The number of nitriles is 1. The maximum atomic E-state index is 12.9. The van der Waals surface area contributed by atoms with Gasteiger partial charge in [0.15, 0.2) is 0 Å². The fourth-order valence-corrected chi connectivity index (χ4v) is 4.08. The first-order valence-corrected chi connectivity index (χ1v) is 11.0. The molecule has 32 heavy (non-hydrogen) atoms. The maximum absolute atomic E-state index is 12.9. The largest absolute Gasteiger partial charge is 0.495 e. The summed E-state index contributed by atoms with van der Waals surface area (Å²) in [5.41, 5.74) is 1.28. The van der Waals surface area contributed by atoms with Crippen LogP contribution in [0.2, 0.25) is 5.02 Å². The van der Waals surface area contributed by atoms with E-state index in [9.17, 15) is 20.2 Å². The van der Waals surface area contributed by atoms with Crippen LogP contribution in [-0.4, -0.2) is 24.2 Å². The van der Waals surface area contributed by atoms with Crippen molar-refractivity contribution in [2.24, 2.45) is 0 Å². The van der Waals surface area contributed by atoms with Crippen LogP contribution in [0.1, 0.15) is 27.4 Å². The number of anilines is 1. The molecular weight excluding hydrogens is 450 g/mol. The van der Waals surface area contributed by atoms with Crippen molar-refractivity contribution in [1.82, 2.24) is 0 Å². The SMILES string of the molecule is COc1cc([N+](=O)[O-])c(C(=O)Nc2ccc(C(C#N)c3ccccc3)c(Cl)c2)cc1SC. The van der Waals surface area contributed by atoms with Crippen LogP contribution in [0.5, 0.6) is 5.75 Å². The summed E-state index contributed by atoms with van der Waals surface area (Å²) in [4.78, 5) is 24.3. The van der Waals surface area contributed by atoms with Crippen LogP contribution in [0, 0.1) is 21.4 Å². The third-order valence-electron chi connectivity index (χ3n) is 4.77. The quantitative estimate of drug-likeness (QED) is 0.264. The number of halogens is 1. The first kappa shape index (κ1) is 23.1. The predicted molar refractivity (Wildman–Crippen MR) is 125 cm³/mol. The summed E-state index contributed by atoms with van der Waals surface area (Å²) < 4.78 is 5.18. The van der Waals surface area contributed by atoms with Gasteiger partial charge in [-0.1, -0.05) is 48.0 Å². The number of methoxy groups -OCH3 is 1. The molecule has 1 atom stereocenters. The second-order valence-corrected chi connectivity index (χ2v) is 7.90. The van der Waals surface area contributed by atoms with Crippen molar-refractivity contribution in [1.29, 1.82) is 5.26 Å². The van der Waals surface area contributed by atoms with Gasteiger partial charge in [-0.05, 0) is 35.6 Å². The molecule has 3 aromatic rings. The van der Waals surface area contributed by atoms with Gasteiger partial charge in [0.05, 0.1) is 35.0 Å². The van der Waals surface area contributed by atoms with Crippen LogP contribution in [-0.2, 0) is 0 Å². The Morgan fingerprint density at radius 1 is 1.22 bits per heavy atom. The van der Waals surface area contributed by atoms with E-state index in [-0.39, 0.29) is 11.3 Å². The van der Waals surface area contributed by atoms with Crippen molar-refractivity contribution in [3.05, 3.63) is 92.5 Å². The number of hydrogen-bond donors (Lipinski definition) is 1. The molecule has 9 heteroatoms. The molecule has 0 fully saturated rings. The van der Waals surface area contributed by atoms with Gasteiger partial charge in [0, 0.05) is 10.7 Å². The Kier molecular flexibility index (Phi) is 7.36. The van der Waals surface area contributed by atoms with E-state index in [0.717, 1.165) is 5.56 Å². The van der Waals surface area contributed by atoms with E-state index in [1.807, 2.05) is 30.3 Å². The molecule has 1 N–H and O–H groups in total. The van der Waals surface area contributed by atoms with Gasteiger partial charge in [0.1, 0.15) is 11.3 Å². The van der Waals surface area contributed by atoms with E-state index >= 15 is 0 Å². The third kappa shape index (κ3) is 4.85. The fourth-order valence-electron chi connectivity index (χ4n) is 3.21. The number of carbonyl (C=O) groups excluding carboxylic acids is 1. The minimum absolute atomic E-state index is 0.0977. The van der Waals surface area contributed by atoms with E-state index in [4.69, 9.17) is 16.3 Å². The van der Waals surface area contributed by atoms with Gasteiger partial charge in [-0.3, -0.25) is 14.9 Å². The number of rotatable bonds is 7. The summed E-state index contributed by atoms with van der Waals surface area (Å²) in [6.07, 6.45) is 1.78. The Labute approximate surface area is 194 Å². The lowest BCUT2D eigenvalue weighted by molar-refractivity contribution is -0.385. The van der Waals surface area contributed by atoms with Crippen molar-refractivity contribution in [2.45, 2.75) is 10.8 Å². The number of carbonyl (C=O) groups is 1. The van der Waals surface area contributed by atoms with Crippen molar-refractivity contribution in [2.75, 3.05) is 18.7 Å². The van der Waals surface area contributed by atoms with E-state index in [1.165, 1.54) is 37.1 Å². The van der Waals surface area contributed by atoms with E-state index in [2.05, 4.69) is 11.4 Å². The molecule has 3 aromatic carbocycles. The average molecular weight is 468 g/mol. The second kappa shape index (κ2) is 10.2. The third-order valence-corrected chi connectivity index (χ3v) is 5.86. The minimum Gasteiger partial charge on any atom is -0.495 e. The molecule has 0 aliphatic carbocycles. The van der Waals surface area contributed by atoms with Gasteiger partial charge in [0.2, 0.25) is 0 Å². The summed E-state index contributed by atoms with van der Waals surface area (Å²) in [7, 11) is 1.41. The van der Waals surface area contributed by atoms with Crippen molar-refractivity contribution in [3.63, 3.8) is 0 Å². The number of benzene rings is 3. The van der Waals surface area contributed by atoms with Gasteiger partial charge in [0.25, 0.3) is 11.6 Å². The standard InChI is InChI=1S/C23H18ClN3O4S/c1-31-21-12-20(27(29)30)17(11-22(21)32-2)23(28)26-15-8-9-16(19(24)10-15)18(13-25)14-6-4-3-5-7-14/h3-12,18H,1-2H3,(H,26,28). The smallest absolute Gasteiger partial charge is 0.285 e. The summed E-state index contributed by atoms with van der Waals surface area (Å²) in [5.74, 6) is -0.907. The number of nitrogens with one attached hydrogen (secondary N) is 1. The highest BCUT2D eigenvalue weighted by Gasteiger charge is 2.24. The molecule has 0 spiro atoms. The lowest BCUT2D eigenvalue weighted by atomic mass is 9.92. The lowest BCUT2D eigenvalue weighted by Crippen LogP contribution is -2.14. The highest BCUT2D eigenvalue weighted by molar-refractivity contribution is 7.98. The van der Waals surface area contributed by atoms with Crippen molar-refractivity contribution in [3.8, 4) is 11.8 Å². The topological polar surface area (TPSA) is 105 Å². The summed E-state index contributed by atoms with van der Waals surface area (Å²) in [5, 5.41) is 24.1. The van der Waals surface area contributed by atoms with Gasteiger partial charge in [-0.15, -0.1) is 11.8 Å². The minimum atomic E-state index is -0.654. The highest BCUT2D eigenvalue weighted by Crippen LogP contribution is 2.35. The van der Waals surface area contributed by atoms with Crippen LogP contribution < -0.4 is 10.1 Å². The molecule has 0 heterocycles.